The number of hydrogen-bond acceptors (Lipinski definition) is 2. The fourth-order valence-electron chi connectivity index (χ4n) is 2.58. The molecule has 0 aliphatic heterocycles. The van der Waals surface area contributed by atoms with Crippen LogP contribution in [0.3, 0.4) is 0 Å². The van der Waals surface area contributed by atoms with E-state index in [0.717, 1.165) is 17.4 Å². The molecular formula is C15H23NO. The highest BCUT2D eigenvalue weighted by Crippen LogP contribution is 2.31. The molecule has 0 amide bonds. The number of ether oxygens (including phenoxy) is 1. The summed E-state index contributed by atoms with van der Waals surface area (Å²) in [5.74, 6) is 1.88. The number of rotatable bonds is 3. The van der Waals surface area contributed by atoms with E-state index >= 15 is 0 Å². The average molecular weight is 233 g/mol. The van der Waals surface area contributed by atoms with Crippen molar-refractivity contribution in [2.45, 2.75) is 52.1 Å². The highest BCUT2D eigenvalue weighted by atomic mass is 16.5. The maximum absolute atomic E-state index is 6.08. The lowest BCUT2D eigenvalue weighted by Crippen LogP contribution is -2.24. The summed E-state index contributed by atoms with van der Waals surface area (Å²) in [5.41, 5.74) is 7.76. The molecule has 2 heteroatoms. The molecule has 1 aliphatic carbocycles. The Morgan fingerprint density at radius 3 is 2.59 bits per heavy atom. The Balaban J connectivity index is 1.95. The fourth-order valence-corrected chi connectivity index (χ4v) is 2.58. The molecule has 0 heterocycles. The van der Waals surface area contributed by atoms with Gasteiger partial charge in [-0.1, -0.05) is 19.4 Å². The number of anilines is 1. The predicted molar refractivity (Wildman–Crippen MR) is 72.3 cm³/mol. The standard InChI is InChI=1S/C15H23NO/c1-3-12-5-8-14(9-6-12)17-15-10-13(16)7-4-11(15)2/h4,7,10,12,14H,3,5-6,8-9,16H2,1-2H3. The van der Waals surface area contributed by atoms with Crippen molar-refractivity contribution < 1.29 is 4.74 Å². The predicted octanol–water partition coefficient (Wildman–Crippen LogP) is 3.92. The topological polar surface area (TPSA) is 35.2 Å². The molecule has 2 nitrogen and oxygen atoms in total. The van der Waals surface area contributed by atoms with Crippen LogP contribution in [-0.4, -0.2) is 6.10 Å². The lowest BCUT2D eigenvalue weighted by atomic mass is 9.86. The van der Waals surface area contributed by atoms with Gasteiger partial charge in [0.2, 0.25) is 0 Å². The number of benzene rings is 1. The molecule has 1 fully saturated rings. The third kappa shape index (κ3) is 3.15. The van der Waals surface area contributed by atoms with E-state index in [4.69, 9.17) is 10.5 Å². The van der Waals surface area contributed by atoms with E-state index in [-0.39, 0.29) is 0 Å². The highest BCUT2D eigenvalue weighted by molar-refractivity contribution is 5.48. The van der Waals surface area contributed by atoms with Gasteiger partial charge in [-0.3, -0.25) is 0 Å². The van der Waals surface area contributed by atoms with Gasteiger partial charge in [0.1, 0.15) is 5.75 Å². The van der Waals surface area contributed by atoms with Crippen LogP contribution in [0.4, 0.5) is 5.69 Å². The molecule has 1 aliphatic rings. The van der Waals surface area contributed by atoms with Gasteiger partial charge in [-0.15, -0.1) is 0 Å². The number of aryl methyl sites for hydroxylation is 1. The second-order valence-electron chi connectivity index (χ2n) is 5.19. The number of nitrogens with two attached hydrogens (primary N) is 1. The van der Waals surface area contributed by atoms with E-state index < -0.39 is 0 Å². The summed E-state index contributed by atoms with van der Waals surface area (Å²) in [6.07, 6.45) is 6.69. The summed E-state index contributed by atoms with van der Waals surface area (Å²) in [6.45, 7) is 4.36. The highest BCUT2D eigenvalue weighted by Gasteiger charge is 2.21. The SMILES string of the molecule is CCC1CCC(Oc2cc(N)ccc2C)CC1. The van der Waals surface area contributed by atoms with Crippen molar-refractivity contribution in [3.05, 3.63) is 23.8 Å². The molecule has 17 heavy (non-hydrogen) atoms. The van der Waals surface area contributed by atoms with Crippen LogP contribution in [0.2, 0.25) is 0 Å². The molecule has 0 saturated heterocycles. The molecule has 1 aromatic rings. The van der Waals surface area contributed by atoms with Crippen LogP contribution in [0, 0.1) is 12.8 Å². The van der Waals surface area contributed by atoms with Gasteiger partial charge in [0.15, 0.2) is 0 Å². The van der Waals surface area contributed by atoms with Crippen LogP contribution < -0.4 is 10.5 Å². The second-order valence-corrected chi connectivity index (χ2v) is 5.19. The third-order valence-corrected chi connectivity index (χ3v) is 3.88. The van der Waals surface area contributed by atoms with Crippen LogP contribution in [-0.2, 0) is 0 Å². The van der Waals surface area contributed by atoms with Crippen molar-refractivity contribution in [1.82, 2.24) is 0 Å². The molecule has 1 saturated carbocycles. The van der Waals surface area contributed by atoms with Gasteiger partial charge in [0.25, 0.3) is 0 Å². The maximum atomic E-state index is 6.08. The van der Waals surface area contributed by atoms with E-state index in [2.05, 4.69) is 13.8 Å². The summed E-state index contributed by atoms with van der Waals surface area (Å²) in [7, 11) is 0. The largest absolute Gasteiger partial charge is 0.490 e. The summed E-state index contributed by atoms with van der Waals surface area (Å²) in [4.78, 5) is 0. The Morgan fingerprint density at radius 2 is 1.94 bits per heavy atom. The lowest BCUT2D eigenvalue weighted by molar-refractivity contribution is 0.129. The van der Waals surface area contributed by atoms with Crippen LogP contribution in [0.15, 0.2) is 18.2 Å². The van der Waals surface area contributed by atoms with Crippen molar-refractivity contribution >= 4 is 5.69 Å². The fraction of sp³-hybridized carbons (Fsp3) is 0.600. The zero-order valence-corrected chi connectivity index (χ0v) is 10.9. The lowest BCUT2D eigenvalue weighted by Gasteiger charge is -2.28. The smallest absolute Gasteiger partial charge is 0.124 e. The van der Waals surface area contributed by atoms with Crippen molar-refractivity contribution in [2.24, 2.45) is 5.92 Å². The quantitative estimate of drug-likeness (QED) is 0.803. The Hall–Kier alpha value is -1.18. The zero-order valence-electron chi connectivity index (χ0n) is 10.9. The summed E-state index contributed by atoms with van der Waals surface area (Å²) < 4.78 is 6.08. The molecule has 0 unspecified atom stereocenters. The summed E-state index contributed by atoms with van der Waals surface area (Å²) in [6, 6.07) is 5.90. The number of nitrogen functional groups attached to an aromatic ring is 1. The van der Waals surface area contributed by atoms with Crippen molar-refractivity contribution in [3.8, 4) is 5.75 Å². The minimum atomic E-state index is 0.387. The zero-order chi connectivity index (χ0) is 12.3. The Morgan fingerprint density at radius 1 is 1.24 bits per heavy atom. The monoisotopic (exact) mass is 233 g/mol. The van der Waals surface area contributed by atoms with Crippen molar-refractivity contribution in [1.29, 1.82) is 0 Å². The van der Waals surface area contributed by atoms with Crippen molar-refractivity contribution in [3.63, 3.8) is 0 Å². The van der Waals surface area contributed by atoms with Crippen molar-refractivity contribution in [2.75, 3.05) is 5.73 Å². The number of hydrogen-bond donors (Lipinski definition) is 1. The molecule has 1 aromatic carbocycles. The van der Waals surface area contributed by atoms with E-state index in [9.17, 15) is 0 Å². The molecule has 0 radical (unpaired) electrons. The first-order chi connectivity index (χ1) is 8.19. The molecule has 0 bridgehead atoms. The Bertz CT molecular complexity index is 367. The second kappa shape index (κ2) is 5.44. The minimum Gasteiger partial charge on any atom is -0.490 e. The first-order valence-corrected chi connectivity index (χ1v) is 6.71. The summed E-state index contributed by atoms with van der Waals surface area (Å²) in [5, 5.41) is 0. The first-order valence-electron chi connectivity index (χ1n) is 6.71. The van der Waals surface area contributed by atoms with Gasteiger partial charge >= 0.3 is 0 Å². The Labute approximate surface area is 104 Å². The minimum absolute atomic E-state index is 0.387. The molecule has 0 spiro atoms. The van der Waals surface area contributed by atoms with Crippen LogP contribution >= 0.6 is 0 Å². The van der Waals surface area contributed by atoms with E-state index in [1.807, 2.05) is 18.2 Å². The van der Waals surface area contributed by atoms with E-state index in [1.165, 1.54) is 37.7 Å². The third-order valence-electron chi connectivity index (χ3n) is 3.88. The normalized spacial score (nSPS) is 24.6. The molecule has 0 atom stereocenters. The van der Waals surface area contributed by atoms with Crippen LogP contribution in [0.5, 0.6) is 5.75 Å². The van der Waals surface area contributed by atoms with E-state index in [0.29, 0.717) is 6.10 Å². The maximum Gasteiger partial charge on any atom is 0.124 e. The Kier molecular flexibility index (Phi) is 3.93. The van der Waals surface area contributed by atoms with Gasteiger partial charge in [0.05, 0.1) is 6.10 Å². The van der Waals surface area contributed by atoms with Gasteiger partial charge < -0.3 is 10.5 Å². The first kappa shape index (κ1) is 12.3. The van der Waals surface area contributed by atoms with Crippen LogP contribution in [0.25, 0.3) is 0 Å². The van der Waals surface area contributed by atoms with Gasteiger partial charge in [-0.25, -0.2) is 0 Å². The summed E-state index contributed by atoms with van der Waals surface area (Å²) >= 11 is 0. The van der Waals surface area contributed by atoms with E-state index in [1.54, 1.807) is 0 Å². The molecular weight excluding hydrogens is 210 g/mol. The molecule has 94 valence electrons. The molecule has 2 N–H and O–H groups in total. The van der Waals surface area contributed by atoms with Gasteiger partial charge in [0, 0.05) is 11.8 Å². The molecule has 2 rings (SSSR count). The van der Waals surface area contributed by atoms with Gasteiger partial charge in [-0.05, 0) is 50.2 Å². The average Bonchev–Trinajstić information content (AvgIpc) is 2.35. The van der Waals surface area contributed by atoms with Crippen LogP contribution in [0.1, 0.15) is 44.6 Å². The molecule has 0 aromatic heterocycles. The van der Waals surface area contributed by atoms with Gasteiger partial charge in [-0.2, -0.15) is 0 Å².